The van der Waals surface area contributed by atoms with Crippen LogP contribution in [-0.2, 0) is 14.8 Å². The van der Waals surface area contributed by atoms with Crippen molar-refractivity contribution < 1.29 is 13.2 Å². The molecule has 2 unspecified atom stereocenters. The molecule has 0 aromatic rings. The zero-order valence-corrected chi connectivity index (χ0v) is 11.7. The largest absolute Gasteiger partial charge is 0.353 e. The lowest BCUT2D eigenvalue weighted by atomic mass is 9.86. The number of unbranched alkanes of at least 4 members (excludes halogenated alkanes) is 1. The third kappa shape index (κ3) is 3.03. The molecule has 1 amide bonds. The zero-order chi connectivity index (χ0) is 13.2. The van der Waals surface area contributed by atoms with E-state index in [1.54, 1.807) is 4.31 Å². The lowest BCUT2D eigenvalue weighted by Gasteiger charge is -2.40. The van der Waals surface area contributed by atoms with Gasteiger partial charge in [-0.1, -0.05) is 13.3 Å². The molecule has 5 nitrogen and oxygen atoms in total. The lowest BCUT2D eigenvalue weighted by molar-refractivity contribution is -0.124. The van der Waals surface area contributed by atoms with Gasteiger partial charge in [-0.05, 0) is 25.2 Å². The van der Waals surface area contributed by atoms with Gasteiger partial charge in [-0.2, -0.15) is 0 Å². The van der Waals surface area contributed by atoms with Crippen LogP contribution >= 0.6 is 0 Å². The number of amides is 1. The normalized spacial score (nSPS) is 29.7. The highest BCUT2D eigenvalue weighted by Crippen LogP contribution is 2.27. The lowest BCUT2D eigenvalue weighted by Crippen LogP contribution is -2.55. The topological polar surface area (TPSA) is 66.5 Å². The number of rotatable bonds is 4. The molecule has 2 aliphatic heterocycles. The molecule has 0 aromatic heterocycles. The van der Waals surface area contributed by atoms with Gasteiger partial charge < -0.3 is 5.32 Å². The van der Waals surface area contributed by atoms with Gasteiger partial charge in [0.15, 0.2) is 0 Å². The summed E-state index contributed by atoms with van der Waals surface area (Å²) in [6.07, 6.45) is 3.72. The fourth-order valence-corrected chi connectivity index (χ4v) is 4.50. The molecule has 18 heavy (non-hydrogen) atoms. The van der Waals surface area contributed by atoms with Gasteiger partial charge in [0.25, 0.3) is 0 Å². The fourth-order valence-electron chi connectivity index (χ4n) is 2.79. The van der Waals surface area contributed by atoms with Crippen LogP contribution in [0.1, 0.15) is 39.0 Å². The zero-order valence-electron chi connectivity index (χ0n) is 10.9. The average molecular weight is 274 g/mol. The summed E-state index contributed by atoms with van der Waals surface area (Å²) in [7, 11) is -3.09. The van der Waals surface area contributed by atoms with Crippen LogP contribution in [-0.4, -0.2) is 43.5 Å². The van der Waals surface area contributed by atoms with Gasteiger partial charge >= 0.3 is 0 Å². The maximum Gasteiger partial charge on any atom is 0.220 e. The SMILES string of the molecule is CCCCS(=O)(=O)N1CCC2NC(=O)CCC2C1. The Labute approximate surface area is 109 Å². The number of carbonyl (C=O) groups is 1. The van der Waals surface area contributed by atoms with Gasteiger partial charge in [0.1, 0.15) is 0 Å². The molecule has 1 N–H and O–H groups in total. The van der Waals surface area contributed by atoms with Gasteiger partial charge in [0, 0.05) is 25.6 Å². The molecule has 0 bridgehead atoms. The van der Waals surface area contributed by atoms with Crippen LogP contribution in [0.15, 0.2) is 0 Å². The third-order valence-corrected chi connectivity index (χ3v) is 5.86. The second-order valence-electron chi connectivity index (χ2n) is 5.29. The summed E-state index contributed by atoms with van der Waals surface area (Å²) in [4.78, 5) is 11.3. The smallest absolute Gasteiger partial charge is 0.220 e. The van der Waals surface area contributed by atoms with Crippen molar-refractivity contribution in [3.63, 3.8) is 0 Å². The van der Waals surface area contributed by atoms with Crippen LogP contribution < -0.4 is 5.32 Å². The molecular formula is C12H22N2O3S. The van der Waals surface area contributed by atoms with Crippen LogP contribution in [0.3, 0.4) is 0 Å². The van der Waals surface area contributed by atoms with Crippen molar-refractivity contribution in [3.8, 4) is 0 Å². The van der Waals surface area contributed by atoms with Crippen LogP contribution in [0, 0.1) is 5.92 Å². The van der Waals surface area contributed by atoms with Gasteiger partial charge in [-0.3, -0.25) is 4.79 Å². The molecule has 2 saturated heterocycles. The second kappa shape index (κ2) is 5.57. The summed E-state index contributed by atoms with van der Waals surface area (Å²) >= 11 is 0. The van der Waals surface area contributed by atoms with E-state index in [4.69, 9.17) is 0 Å². The molecule has 0 aliphatic carbocycles. The highest BCUT2D eigenvalue weighted by molar-refractivity contribution is 7.89. The summed E-state index contributed by atoms with van der Waals surface area (Å²) in [5.74, 6) is 0.666. The molecular weight excluding hydrogens is 252 g/mol. The molecule has 2 fully saturated rings. The van der Waals surface area contributed by atoms with E-state index < -0.39 is 10.0 Å². The Kier molecular flexibility index (Phi) is 4.27. The molecule has 0 aromatic carbocycles. The first kappa shape index (κ1) is 13.8. The van der Waals surface area contributed by atoms with E-state index in [1.807, 2.05) is 6.92 Å². The maximum absolute atomic E-state index is 12.1. The molecule has 2 rings (SSSR count). The Hall–Kier alpha value is -0.620. The quantitative estimate of drug-likeness (QED) is 0.821. The molecule has 6 heteroatoms. The first-order valence-corrected chi connectivity index (χ1v) is 8.41. The molecule has 0 radical (unpaired) electrons. The Morgan fingerprint density at radius 2 is 2.17 bits per heavy atom. The van der Waals surface area contributed by atoms with Gasteiger partial charge in [0.05, 0.1) is 5.75 Å². The van der Waals surface area contributed by atoms with Crippen molar-refractivity contribution in [1.29, 1.82) is 0 Å². The van der Waals surface area contributed by atoms with Crippen molar-refractivity contribution >= 4 is 15.9 Å². The highest BCUT2D eigenvalue weighted by atomic mass is 32.2. The van der Waals surface area contributed by atoms with Crippen LogP contribution in [0.25, 0.3) is 0 Å². The monoisotopic (exact) mass is 274 g/mol. The summed E-state index contributed by atoms with van der Waals surface area (Å²) < 4.78 is 25.9. The van der Waals surface area contributed by atoms with Gasteiger partial charge in [0.2, 0.25) is 15.9 Å². The predicted molar refractivity (Wildman–Crippen MR) is 69.5 cm³/mol. The maximum atomic E-state index is 12.1. The van der Waals surface area contributed by atoms with Gasteiger partial charge in [-0.25, -0.2) is 12.7 Å². The van der Waals surface area contributed by atoms with Crippen molar-refractivity contribution in [2.75, 3.05) is 18.8 Å². The second-order valence-corrected chi connectivity index (χ2v) is 7.38. The molecule has 104 valence electrons. The van der Waals surface area contributed by atoms with E-state index in [-0.39, 0.29) is 17.7 Å². The van der Waals surface area contributed by atoms with E-state index in [0.717, 1.165) is 25.7 Å². The molecule has 0 saturated carbocycles. The van der Waals surface area contributed by atoms with Gasteiger partial charge in [-0.15, -0.1) is 0 Å². The summed E-state index contributed by atoms with van der Waals surface area (Å²) in [5, 5.41) is 2.97. The number of sulfonamides is 1. The van der Waals surface area contributed by atoms with E-state index in [2.05, 4.69) is 5.32 Å². The van der Waals surface area contributed by atoms with Crippen molar-refractivity contribution in [3.05, 3.63) is 0 Å². The number of piperidine rings is 2. The predicted octanol–water partition coefficient (Wildman–Crippen LogP) is 0.717. The number of hydrogen-bond donors (Lipinski definition) is 1. The minimum atomic E-state index is -3.09. The molecule has 2 heterocycles. The fraction of sp³-hybridized carbons (Fsp3) is 0.917. The third-order valence-electron chi connectivity index (χ3n) is 3.93. The van der Waals surface area contributed by atoms with E-state index in [9.17, 15) is 13.2 Å². The molecule has 2 atom stereocenters. The Bertz CT molecular complexity index is 408. The standard InChI is InChI=1S/C12H22N2O3S/c1-2-3-8-18(16,17)14-7-6-11-10(9-14)4-5-12(15)13-11/h10-11H,2-9H2,1H3,(H,13,15). The van der Waals surface area contributed by atoms with Crippen molar-refractivity contribution in [2.45, 2.75) is 45.1 Å². The van der Waals surface area contributed by atoms with Crippen LogP contribution in [0.4, 0.5) is 0 Å². The van der Waals surface area contributed by atoms with Crippen LogP contribution in [0.5, 0.6) is 0 Å². The Morgan fingerprint density at radius 3 is 2.89 bits per heavy atom. The summed E-state index contributed by atoms with van der Waals surface area (Å²) in [5.41, 5.74) is 0. The van der Waals surface area contributed by atoms with E-state index in [1.165, 1.54) is 0 Å². The van der Waals surface area contributed by atoms with Crippen LogP contribution in [0.2, 0.25) is 0 Å². The number of nitrogens with zero attached hydrogens (tertiary/aromatic N) is 1. The Morgan fingerprint density at radius 1 is 1.39 bits per heavy atom. The van der Waals surface area contributed by atoms with E-state index in [0.29, 0.717) is 25.4 Å². The molecule has 0 spiro atoms. The number of nitrogens with one attached hydrogen (secondary N) is 1. The van der Waals surface area contributed by atoms with E-state index >= 15 is 0 Å². The minimum Gasteiger partial charge on any atom is -0.353 e. The minimum absolute atomic E-state index is 0.110. The summed E-state index contributed by atoms with van der Waals surface area (Å²) in [6.45, 7) is 3.13. The first-order chi connectivity index (χ1) is 8.53. The number of hydrogen-bond acceptors (Lipinski definition) is 3. The Balaban J connectivity index is 1.96. The molecule has 2 aliphatic rings. The average Bonchev–Trinajstić information content (AvgIpc) is 2.35. The first-order valence-electron chi connectivity index (χ1n) is 6.80. The highest BCUT2D eigenvalue weighted by Gasteiger charge is 2.37. The number of carbonyl (C=O) groups excluding carboxylic acids is 1. The number of fused-ring (bicyclic) bond motifs is 1. The summed E-state index contributed by atoms with van der Waals surface area (Å²) in [6, 6.07) is 0.184. The van der Waals surface area contributed by atoms with Crippen molar-refractivity contribution in [1.82, 2.24) is 9.62 Å². The van der Waals surface area contributed by atoms with Crippen molar-refractivity contribution in [2.24, 2.45) is 5.92 Å².